The predicted octanol–water partition coefficient (Wildman–Crippen LogP) is 3.12. The third-order valence-corrected chi connectivity index (χ3v) is 5.22. The molecule has 0 saturated heterocycles. The van der Waals surface area contributed by atoms with Crippen molar-refractivity contribution in [2.45, 2.75) is 39.5 Å². The lowest BCUT2D eigenvalue weighted by atomic mass is 9.92. The Morgan fingerprint density at radius 1 is 1.23 bits per heavy atom. The van der Waals surface area contributed by atoms with Crippen LogP contribution >= 0.6 is 11.8 Å². The van der Waals surface area contributed by atoms with E-state index >= 15 is 0 Å². The number of ketones is 1. The number of rotatable bonds is 5. The molecule has 118 valence electrons. The fourth-order valence-corrected chi connectivity index (χ4v) is 3.39. The van der Waals surface area contributed by atoms with Crippen molar-refractivity contribution in [1.29, 1.82) is 0 Å². The molecule has 4 nitrogen and oxygen atoms in total. The van der Waals surface area contributed by atoms with Gasteiger partial charge < -0.3 is 9.67 Å². The molecule has 5 heteroatoms. The molecule has 0 saturated carbocycles. The molecule has 0 spiro atoms. The van der Waals surface area contributed by atoms with E-state index in [-0.39, 0.29) is 12.4 Å². The summed E-state index contributed by atoms with van der Waals surface area (Å²) in [6.07, 6.45) is 1.64. The average Bonchev–Trinajstić information content (AvgIpc) is 2.83. The van der Waals surface area contributed by atoms with Crippen molar-refractivity contribution in [3.8, 4) is 0 Å². The molecule has 0 aliphatic rings. The molecule has 2 aromatic rings. The van der Waals surface area contributed by atoms with Gasteiger partial charge in [0, 0.05) is 12.6 Å². The number of hydrogen-bond acceptors (Lipinski definition) is 4. The number of aliphatic hydroxyl groups excluding tert-OH is 1. The van der Waals surface area contributed by atoms with Crippen LogP contribution in [0.3, 0.4) is 0 Å². The van der Waals surface area contributed by atoms with Gasteiger partial charge in [-0.3, -0.25) is 4.79 Å². The summed E-state index contributed by atoms with van der Waals surface area (Å²) in [4.78, 5) is 16.9. The second-order valence-electron chi connectivity index (χ2n) is 5.60. The quantitative estimate of drug-likeness (QED) is 0.680. The number of Topliss-reactive ketones (excluding diaryl/α,β-unsaturated/α-hetero) is 1. The Labute approximate surface area is 135 Å². The lowest BCUT2D eigenvalue weighted by Crippen LogP contribution is -2.10. The van der Waals surface area contributed by atoms with Crippen molar-refractivity contribution < 1.29 is 9.90 Å². The molecule has 1 aromatic carbocycles. The summed E-state index contributed by atoms with van der Waals surface area (Å²) in [5.41, 5.74) is 6.00. The standard InChI is InChI=1S/C17H22N2O2S/c1-10-6-11(2)13(4)16(12(10)3)15(21)9-22-17-18-7-14(8-20)19(17)5/h6-7,20H,8-9H2,1-5H3. The molecule has 0 atom stereocenters. The fourth-order valence-electron chi connectivity index (χ4n) is 2.54. The lowest BCUT2D eigenvalue weighted by molar-refractivity contribution is 0.102. The second-order valence-corrected chi connectivity index (χ2v) is 6.54. The number of aryl methyl sites for hydroxylation is 2. The highest BCUT2D eigenvalue weighted by molar-refractivity contribution is 7.99. The average molecular weight is 318 g/mol. The van der Waals surface area contributed by atoms with Crippen LogP contribution in [0.4, 0.5) is 0 Å². The third kappa shape index (κ3) is 3.10. The van der Waals surface area contributed by atoms with E-state index in [1.54, 1.807) is 6.20 Å². The van der Waals surface area contributed by atoms with E-state index in [0.717, 1.165) is 38.7 Å². The minimum Gasteiger partial charge on any atom is -0.390 e. The van der Waals surface area contributed by atoms with Gasteiger partial charge in [-0.15, -0.1) is 0 Å². The molecule has 2 rings (SSSR count). The summed E-state index contributed by atoms with van der Waals surface area (Å²) in [6.45, 7) is 8.04. The van der Waals surface area contributed by atoms with Gasteiger partial charge in [0.25, 0.3) is 0 Å². The fraction of sp³-hybridized carbons (Fsp3) is 0.412. The first-order chi connectivity index (χ1) is 10.4. The number of benzene rings is 1. The molecular weight excluding hydrogens is 296 g/mol. The minimum atomic E-state index is -0.0483. The van der Waals surface area contributed by atoms with E-state index in [0.29, 0.717) is 5.75 Å². The number of aromatic nitrogens is 2. The van der Waals surface area contributed by atoms with Crippen LogP contribution in [-0.4, -0.2) is 26.2 Å². The van der Waals surface area contributed by atoms with Gasteiger partial charge in [0.05, 0.1) is 24.3 Å². The van der Waals surface area contributed by atoms with Gasteiger partial charge >= 0.3 is 0 Å². The first kappa shape index (κ1) is 16.8. The predicted molar refractivity (Wildman–Crippen MR) is 89.6 cm³/mol. The first-order valence-corrected chi connectivity index (χ1v) is 8.20. The molecule has 1 N–H and O–H groups in total. The Balaban J connectivity index is 2.21. The zero-order valence-corrected chi connectivity index (χ0v) is 14.5. The van der Waals surface area contributed by atoms with E-state index < -0.39 is 0 Å². The molecule has 0 aliphatic carbocycles. The Morgan fingerprint density at radius 2 is 1.82 bits per heavy atom. The number of carbonyl (C=O) groups excluding carboxylic acids is 1. The zero-order chi connectivity index (χ0) is 16.4. The van der Waals surface area contributed by atoms with Crippen LogP contribution in [-0.2, 0) is 13.7 Å². The van der Waals surface area contributed by atoms with Crippen LogP contribution < -0.4 is 0 Å². The maximum atomic E-state index is 12.6. The van der Waals surface area contributed by atoms with Crippen molar-refractivity contribution >= 4 is 17.5 Å². The summed E-state index contributed by atoms with van der Waals surface area (Å²) >= 11 is 1.41. The molecule has 1 heterocycles. The lowest BCUT2D eigenvalue weighted by Gasteiger charge is -2.14. The van der Waals surface area contributed by atoms with E-state index in [4.69, 9.17) is 0 Å². The maximum Gasteiger partial charge on any atom is 0.173 e. The Hall–Kier alpha value is -1.59. The van der Waals surface area contributed by atoms with Gasteiger partial charge in [-0.25, -0.2) is 4.98 Å². The van der Waals surface area contributed by atoms with Crippen molar-refractivity contribution in [3.05, 3.63) is 45.8 Å². The Morgan fingerprint density at radius 3 is 2.32 bits per heavy atom. The number of imidazole rings is 1. The van der Waals surface area contributed by atoms with Crippen molar-refractivity contribution in [3.63, 3.8) is 0 Å². The molecule has 0 unspecified atom stereocenters. The highest BCUT2D eigenvalue weighted by Gasteiger charge is 2.17. The van der Waals surface area contributed by atoms with Crippen LogP contribution in [0, 0.1) is 27.7 Å². The van der Waals surface area contributed by atoms with Gasteiger partial charge in [-0.2, -0.15) is 0 Å². The monoisotopic (exact) mass is 318 g/mol. The number of aliphatic hydroxyl groups is 1. The van der Waals surface area contributed by atoms with E-state index in [2.05, 4.69) is 11.1 Å². The van der Waals surface area contributed by atoms with Gasteiger partial charge in [-0.05, 0) is 49.9 Å². The SMILES string of the molecule is Cc1cc(C)c(C)c(C(=O)CSc2ncc(CO)n2C)c1C. The van der Waals surface area contributed by atoms with Crippen LogP contribution in [0.15, 0.2) is 17.4 Å². The highest BCUT2D eigenvalue weighted by Crippen LogP contribution is 2.25. The molecule has 0 radical (unpaired) electrons. The van der Waals surface area contributed by atoms with Gasteiger partial charge in [0.15, 0.2) is 10.9 Å². The summed E-state index contributed by atoms with van der Waals surface area (Å²) in [5, 5.41) is 9.93. The van der Waals surface area contributed by atoms with Crippen molar-refractivity contribution in [2.75, 3.05) is 5.75 Å². The molecule has 1 aromatic heterocycles. The summed E-state index contributed by atoms with van der Waals surface area (Å²) in [7, 11) is 1.85. The molecule has 0 fully saturated rings. The van der Waals surface area contributed by atoms with Gasteiger partial charge in [-0.1, -0.05) is 17.8 Å². The third-order valence-electron chi connectivity index (χ3n) is 4.18. The number of carbonyl (C=O) groups is 1. The highest BCUT2D eigenvalue weighted by atomic mass is 32.2. The first-order valence-electron chi connectivity index (χ1n) is 7.21. The van der Waals surface area contributed by atoms with Crippen LogP contribution in [0.5, 0.6) is 0 Å². The summed E-state index contributed by atoms with van der Waals surface area (Å²) in [5.74, 6) is 0.473. The van der Waals surface area contributed by atoms with Crippen LogP contribution in [0.25, 0.3) is 0 Å². The largest absolute Gasteiger partial charge is 0.390 e. The zero-order valence-electron chi connectivity index (χ0n) is 13.7. The van der Waals surface area contributed by atoms with Gasteiger partial charge in [0.2, 0.25) is 0 Å². The number of hydrogen-bond donors (Lipinski definition) is 1. The van der Waals surface area contributed by atoms with Gasteiger partial charge in [0.1, 0.15) is 0 Å². The number of thioether (sulfide) groups is 1. The molecule has 0 amide bonds. The van der Waals surface area contributed by atoms with E-state index in [1.165, 1.54) is 11.8 Å². The van der Waals surface area contributed by atoms with Crippen LogP contribution in [0.2, 0.25) is 0 Å². The molecular formula is C17H22N2O2S. The normalized spacial score (nSPS) is 11.0. The smallest absolute Gasteiger partial charge is 0.173 e. The minimum absolute atomic E-state index is 0.0483. The summed E-state index contributed by atoms with van der Waals surface area (Å²) < 4.78 is 1.82. The molecule has 22 heavy (non-hydrogen) atoms. The number of nitrogens with zero attached hydrogens (tertiary/aromatic N) is 2. The Bertz CT molecular complexity index is 694. The summed E-state index contributed by atoms with van der Waals surface area (Å²) in [6, 6.07) is 2.13. The van der Waals surface area contributed by atoms with Crippen LogP contribution in [0.1, 0.15) is 38.3 Å². The van der Waals surface area contributed by atoms with E-state index in [9.17, 15) is 9.90 Å². The topological polar surface area (TPSA) is 55.1 Å². The molecule has 0 bridgehead atoms. The maximum absolute atomic E-state index is 12.6. The Kier molecular flexibility index (Phi) is 5.08. The van der Waals surface area contributed by atoms with Crippen molar-refractivity contribution in [1.82, 2.24) is 9.55 Å². The second kappa shape index (κ2) is 6.67. The van der Waals surface area contributed by atoms with Crippen molar-refractivity contribution in [2.24, 2.45) is 7.05 Å². The van der Waals surface area contributed by atoms with E-state index in [1.807, 2.05) is 39.3 Å². The molecule has 0 aliphatic heterocycles.